The van der Waals surface area contributed by atoms with E-state index in [0.29, 0.717) is 27.6 Å². The summed E-state index contributed by atoms with van der Waals surface area (Å²) in [6.07, 6.45) is 0. The highest BCUT2D eigenvalue weighted by Crippen LogP contribution is 2.31. The molecule has 6 heteroatoms. The van der Waals surface area contributed by atoms with Crippen LogP contribution in [0.25, 0.3) is 22.6 Å². The highest BCUT2D eigenvalue weighted by molar-refractivity contribution is 14.1. The topological polar surface area (TPSA) is 63.3 Å². The maximum absolute atomic E-state index is 10.9. The van der Waals surface area contributed by atoms with Gasteiger partial charge in [-0.3, -0.25) is 0 Å². The van der Waals surface area contributed by atoms with E-state index in [9.17, 15) is 4.79 Å². The highest BCUT2D eigenvalue weighted by atomic mass is 127. The van der Waals surface area contributed by atoms with Crippen molar-refractivity contribution in [1.82, 2.24) is 4.98 Å². The number of benzene rings is 2. The summed E-state index contributed by atoms with van der Waals surface area (Å²) in [6, 6.07) is 10.1. The third-order valence-corrected chi connectivity index (χ3v) is 3.79. The second kappa shape index (κ2) is 5.06. The van der Waals surface area contributed by atoms with E-state index in [1.54, 1.807) is 12.1 Å². The molecule has 0 unspecified atom stereocenters. The molecule has 1 N–H and O–H groups in total. The molecule has 3 aromatic rings. The number of carbonyl (C=O) groups is 1. The fourth-order valence-electron chi connectivity index (χ4n) is 1.84. The van der Waals surface area contributed by atoms with Crippen molar-refractivity contribution in [2.24, 2.45) is 0 Å². The number of rotatable bonds is 2. The Hall–Kier alpha value is -1.60. The molecule has 0 spiro atoms. The molecule has 4 nitrogen and oxygen atoms in total. The summed E-state index contributed by atoms with van der Waals surface area (Å²) in [6.45, 7) is 0. The summed E-state index contributed by atoms with van der Waals surface area (Å²) in [5, 5.41) is 9.51. The summed E-state index contributed by atoms with van der Waals surface area (Å²) in [7, 11) is 0. The molecule has 0 saturated heterocycles. The molecule has 0 aliphatic rings. The summed E-state index contributed by atoms with van der Waals surface area (Å²) in [4.78, 5) is 15.2. The summed E-state index contributed by atoms with van der Waals surface area (Å²) >= 11 is 8.32. The number of hydrogen-bond acceptors (Lipinski definition) is 3. The molecule has 0 bridgehead atoms. The van der Waals surface area contributed by atoms with Crippen molar-refractivity contribution in [2.45, 2.75) is 0 Å². The number of oxazole rings is 1. The molecular formula is C14H7ClINO3. The molecule has 3 rings (SSSR count). The quantitative estimate of drug-likeness (QED) is 0.647. The van der Waals surface area contributed by atoms with Crippen molar-refractivity contribution >= 4 is 51.3 Å². The Labute approximate surface area is 132 Å². The van der Waals surface area contributed by atoms with Crippen LogP contribution in [0, 0.1) is 3.57 Å². The first-order valence-corrected chi connectivity index (χ1v) is 7.09. The van der Waals surface area contributed by atoms with Gasteiger partial charge in [0.2, 0.25) is 5.89 Å². The standard InChI is InChI=1S/C14H7ClINO3/c15-10-3-2-8(16)6-9(10)13-17-11-5-7(14(18)19)1-4-12(11)20-13/h1-6H,(H,18,19). The third-order valence-electron chi connectivity index (χ3n) is 2.79. The van der Waals surface area contributed by atoms with Gasteiger partial charge in [0.1, 0.15) is 5.52 Å². The van der Waals surface area contributed by atoms with E-state index in [-0.39, 0.29) is 5.56 Å². The van der Waals surface area contributed by atoms with Crippen LogP contribution in [0.15, 0.2) is 40.8 Å². The average Bonchev–Trinajstić information content (AvgIpc) is 2.83. The number of halogens is 2. The lowest BCUT2D eigenvalue weighted by Crippen LogP contribution is -1.94. The maximum Gasteiger partial charge on any atom is 0.335 e. The van der Waals surface area contributed by atoms with E-state index >= 15 is 0 Å². The van der Waals surface area contributed by atoms with Crippen molar-refractivity contribution in [3.63, 3.8) is 0 Å². The van der Waals surface area contributed by atoms with Crippen LogP contribution < -0.4 is 0 Å². The summed E-state index contributed by atoms with van der Waals surface area (Å²) in [5.74, 6) is -0.616. The molecule has 0 fully saturated rings. The lowest BCUT2D eigenvalue weighted by molar-refractivity contribution is 0.0697. The van der Waals surface area contributed by atoms with Gasteiger partial charge in [-0.15, -0.1) is 0 Å². The van der Waals surface area contributed by atoms with E-state index in [0.717, 1.165) is 3.57 Å². The predicted octanol–water partition coefficient (Wildman–Crippen LogP) is 4.45. The van der Waals surface area contributed by atoms with Crippen LogP contribution >= 0.6 is 34.2 Å². The minimum absolute atomic E-state index is 0.172. The zero-order valence-corrected chi connectivity index (χ0v) is 12.8. The van der Waals surface area contributed by atoms with Crippen molar-refractivity contribution in [3.05, 3.63) is 50.6 Å². The van der Waals surface area contributed by atoms with Gasteiger partial charge < -0.3 is 9.52 Å². The fourth-order valence-corrected chi connectivity index (χ4v) is 2.53. The first-order valence-electron chi connectivity index (χ1n) is 5.64. The predicted molar refractivity (Wildman–Crippen MR) is 84.1 cm³/mol. The molecule has 0 aliphatic heterocycles. The average molecular weight is 400 g/mol. The van der Waals surface area contributed by atoms with E-state index in [1.165, 1.54) is 12.1 Å². The minimum atomic E-state index is -0.997. The molecule has 0 radical (unpaired) electrons. The molecule has 20 heavy (non-hydrogen) atoms. The summed E-state index contributed by atoms with van der Waals surface area (Å²) in [5.41, 5.74) is 1.88. The van der Waals surface area contributed by atoms with Crippen LogP contribution in [0.1, 0.15) is 10.4 Å². The van der Waals surface area contributed by atoms with E-state index in [1.807, 2.05) is 12.1 Å². The van der Waals surface area contributed by atoms with Crippen molar-refractivity contribution < 1.29 is 14.3 Å². The van der Waals surface area contributed by atoms with Gasteiger partial charge in [0.15, 0.2) is 5.58 Å². The van der Waals surface area contributed by atoms with Crippen LogP contribution in [0.3, 0.4) is 0 Å². The zero-order chi connectivity index (χ0) is 14.3. The Bertz CT molecular complexity index is 828. The lowest BCUT2D eigenvalue weighted by Gasteiger charge is -1.99. The van der Waals surface area contributed by atoms with Crippen molar-refractivity contribution in [1.29, 1.82) is 0 Å². The number of hydrogen-bond donors (Lipinski definition) is 1. The van der Waals surface area contributed by atoms with Crippen LogP contribution in [0.5, 0.6) is 0 Å². The SMILES string of the molecule is O=C(O)c1ccc2oc(-c3cc(I)ccc3Cl)nc2c1. The third kappa shape index (κ3) is 2.38. The van der Waals surface area contributed by atoms with Crippen LogP contribution in [-0.4, -0.2) is 16.1 Å². The highest BCUT2D eigenvalue weighted by Gasteiger charge is 2.13. The molecule has 1 aromatic heterocycles. The van der Waals surface area contributed by atoms with Gasteiger partial charge in [0.25, 0.3) is 0 Å². The number of fused-ring (bicyclic) bond motifs is 1. The van der Waals surface area contributed by atoms with Gasteiger partial charge in [-0.2, -0.15) is 0 Å². The first-order chi connectivity index (χ1) is 9.54. The van der Waals surface area contributed by atoms with E-state index in [4.69, 9.17) is 21.1 Å². The fraction of sp³-hybridized carbons (Fsp3) is 0. The number of carboxylic acid groups (broad SMARTS) is 1. The van der Waals surface area contributed by atoms with Crippen LogP contribution in [0.4, 0.5) is 0 Å². The smallest absolute Gasteiger partial charge is 0.335 e. The van der Waals surface area contributed by atoms with E-state index < -0.39 is 5.97 Å². The molecule has 100 valence electrons. The first kappa shape index (κ1) is 13.4. The lowest BCUT2D eigenvalue weighted by atomic mass is 10.2. The second-order valence-electron chi connectivity index (χ2n) is 4.13. The van der Waals surface area contributed by atoms with Gasteiger partial charge in [-0.25, -0.2) is 9.78 Å². The maximum atomic E-state index is 10.9. The van der Waals surface area contributed by atoms with Gasteiger partial charge >= 0.3 is 5.97 Å². The monoisotopic (exact) mass is 399 g/mol. The van der Waals surface area contributed by atoms with E-state index in [2.05, 4.69) is 27.6 Å². The number of nitrogens with zero attached hydrogens (tertiary/aromatic N) is 1. The Balaban J connectivity index is 2.17. The van der Waals surface area contributed by atoms with Crippen LogP contribution in [-0.2, 0) is 0 Å². The Morgan fingerprint density at radius 2 is 2.05 bits per heavy atom. The molecule has 0 saturated carbocycles. The molecule has 2 aromatic carbocycles. The normalized spacial score (nSPS) is 10.9. The molecule has 0 amide bonds. The van der Waals surface area contributed by atoms with Gasteiger partial charge in [0, 0.05) is 3.57 Å². The van der Waals surface area contributed by atoms with Gasteiger partial charge in [-0.1, -0.05) is 11.6 Å². The zero-order valence-electron chi connectivity index (χ0n) is 9.93. The number of aromatic nitrogens is 1. The Morgan fingerprint density at radius 1 is 1.25 bits per heavy atom. The molecular weight excluding hydrogens is 393 g/mol. The Kier molecular flexibility index (Phi) is 3.39. The largest absolute Gasteiger partial charge is 0.478 e. The van der Waals surface area contributed by atoms with Gasteiger partial charge in [0.05, 0.1) is 16.1 Å². The van der Waals surface area contributed by atoms with Crippen molar-refractivity contribution in [2.75, 3.05) is 0 Å². The van der Waals surface area contributed by atoms with Gasteiger partial charge in [-0.05, 0) is 59.0 Å². The molecule has 0 atom stereocenters. The molecule has 0 aliphatic carbocycles. The van der Waals surface area contributed by atoms with Crippen molar-refractivity contribution in [3.8, 4) is 11.5 Å². The number of carboxylic acids is 1. The molecule has 1 heterocycles. The number of aromatic carboxylic acids is 1. The minimum Gasteiger partial charge on any atom is -0.478 e. The van der Waals surface area contributed by atoms with Crippen LogP contribution in [0.2, 0.25) is 5.02 Å². The summed E-state index contributed by atoms with van der Waals surface area (Å²) < 4.78 is 6.64. The Morgan fingerprint density at radius 3 is 2.80 bits per heavy atom. The second-order valence-corrected chi connectivity index (χ2v) is 5.78.